The number of likely N-dealkylation sites (tertiary alicyclic amines) is 1. The Bertz CT molecular complexity index is 517. The lowest BCUT2D eigenvalue weighted by Gasteiger charge is -2.37. The first kappa shape index (κ1) is 16.5. The van der Waals surface area contributed by atoms with Crippen molar-refractivity contribution >= 4 is 5.91 Å². The van der Waals surface area contributed by atoms with Crippen molar-refractivity contribution in [1.29, 1.82) is 0 Å². The first-order chi connectivity index (χ1) is 11.1. The maximum absolute atomic E-state index is 12.4. The monoisotopic (exact) mass is 315 g/mol. The molecule has 1 saturated heterocycles. The Morgan fingerprint density at radius 1 is 1.22 bits per heavy atom. The van der Waals surface area contributed by atoms with E-state index in [1.807, 2.05) is 0 Å². The average molecular weight is 315 g/mol. The molecule has 1 unspecified atom stereocenters. The second-order valence-corrected chi connectivity index (χ2v) is 7.23. The molecule has 23 heavy (non-hydrogen) atoms. The van der Waals surface area contributed by atoms with E-state index in [1.165, 1.54) is 5.56 Å². The normalized spacial score (nSPS) is 23.6. The highest BCUT2D eigenvalue weighted by molar-refractivity contribution is 5.86. The first-order valence-electron chi connectivity index (χ1n) is 8.97. The summed E-state index contributed by atoms with van der Waals surface area (Å²) in [7, 11) is 0. The summed E-state index contributed by atoms with van der Waals surface area (Å²) in [4.78, 5) is 14.9. The first-order valence-corrected chi connectivity index (χ1v) is 8.97. The van der Waals surface area contributed by atoms with E-state index in [1.54, 1.807) is 0 Å². The van der Waals surface area contributed by atoms with Crippen molar-refractivity contribution in [3.8, 4) is 0 Å². The minimum atomic E-state index is -0.603. The molecule has 1 amide bonds. The maximum atomic E-state index is 12.4. The molecule has 0 spiro atoms. The van der Waals surface area contributed by atoms with Gasteiger partial charge in [-0.05, 0) is 38.2 Å². The van der Waals surface area contributed by atoms with Crippen molar-refractivity contribution in [2.24, 2.45) is 5.73 Å². The summed E-state index contributed by atoms with van der Waals surface area (Å²) in [5.41, 5.74) is 7.01. The molecule has 1 heterocycles. The van der Waals surface area contributed by atoms with Crippen LogP contribution in [-0.4, -0.2) is 35.5 Å². The van der Waals surface area contributed by atoms with Gasteiger partial charge in [0.15, 0.2) is 0 Å². The Hall–Kier alpha value is -1.39. The Kier molecular flexibility index (Phi) is 5.02. The predicted octanol–water partition coefficient (Wildman–Crippen LogP) is 2.60. The summed E-state index contributed by atoms with van der Waals surface area (Å²) < 4.78 is 0. The largest absolute Gasteiger partial charge is 0.352 e. The number of carbonyl (C=O) groups excluding carboxylic acids is 1. The van der Waals surface area contributed by atoms with Gasteiger partial charge < -0.3 is 11.1 Å². The van der Waals surface area contributed by atoms with Crippen LogP contribution >= 0.6 is 0 Å². The van der Waals surface area contributed by atoms with Crippen molar-refractivity contribution in [2.75, 3.05) is 13.1 Å². The number of carbonyl (C=O) groups is 1. The van der Waals surface area contributed by atoms with E-state index in [4.69, 9.17) is 5.73 Å². The van der Waals surface area contributed by atoms with Crippen molar-refractivity contribution in [3.63, 3.8) is 0 Å². The number of hydrogen-bond acceptors (Lipinski definition) is 3. The van der Waals surface area contributed by atoms with Crippen LogP contribution < -0.4 is 11.1 Å². The summed E-state index contributed by atoms with van der Waals surface area (Å²) in [5, 5.41) is 3.21. The summed E-state index contributed by atoms with van der Waals surface area (Å²) in [6.45, 7) is 4.32. The fraction of sp³-hybridized carbons (Fsp3) is 0.632. The Balaban J connectivity index is 1.49. The van der Waals surface area contributed by atoms with Crippen LogP contribution in [0.2, 0.25) is 0 Å². The second kappa shape index (κ2) is 7.02. The molecule has 1 aliphatic carbocycles. The van der Waals surface area contributed by atoms with E-state index in [2.05, 4.69) is 47.5 Å². The molecule has 1 aromatic carbocycles. The zero-order chi connectivity index (χ0) is 16.3. The van der Waals surface area contributed by atoms with E-state index in [0.717, 1.165) is 51.6 Å². The molecule has 1 atom stereocenters. The number of hydrogen-bond donors (Lipinski definition) is 2. The standard InChI is InChI=1S/C19H29N3O/c1-15(16-7-3-2-4-8-16)22-13-9-17(10-14-22)21-18(23)19(20)11-5-6-12-19/h2-4,7-8,15,17H,5-6,9-14,20H2,1H3,(H,21,23). The predicted molar refractivity (Wildman–Crippen MR) is 93.0 cm³/mol. The minimum absolute atomic E-state index is 0.0737. The smallest absolute Gasteiger partial charge is 0.240 e. The minimum Gasteiger partial charge on any atom is -0.352 e. The van der Waals surface area contributed by atoms with E-state index < -0.39 is 5.54 Å². The molecule has 1 saturated carbocycles. The third-order valence-corrected chi connectivity index (χ3v) is 5.64. The topological polar surface area (TPSA) is 58.4 Å². The Labute approximate surface area is 139 Å². The molecule has 4 nitrogen and oxygen atoms in total. The Morgan fingerprint density at radius 3 is 2.43 bits per heavy atom. The number of piperidine rings is 1. The van der Waals surface area contributed by atoms with Crippen LogP contribution in [0, 0.1) is 0 Å². The van der Waals surface area contributed by atoms with E-state index in [0.29, 0.717) is 6.04 Å². The van der Waals surface area contributed by atoms with Gasteiger partial charge in [-0.2, -0.15) is 0 Å². The van der Waals surface area contributed by atoms with Gasteiger partial charge in [-0.1, -0.05) is 43.2 Å². The summed E-state index contributed by atoms with van der Waals surface area (Å²) in [6.07, 6.45) is 5.86. The number of rotatable bonds is 4. The van der Waals surface area contributed by atoms with Crippen LogP contribution in [0.3, 0.4) is 0 Å². The molecule has 1 aliphatic heterocycles. The van der Waals surface area contributed by atoms with Gasteiger partial charge in [0.25, 0.3) is 0 Å². The van der Waals surface area contributed by atoms with Gasteiger partial charge in [0, 0.05) is 25.2 Å². The zero-order valence-corrected chi connectivity index (χ0v) is 14.1. The number of benzene rings is 1. The van der Waals surface area contributed by atoms with Gasteiger partial charge in [-0.3, -0.25) is 9.69 Å². The fourth-order valence-electron chi connectivity index (χ4n) is 3.94. The highest BCUT2D eigenvalue weighted by atomic mass is 16.2. The van der Waals surface area contributed by atoms with Gasteiger partial charge in [-0.25, -0.2) is 0 Å². The van der Waals surface area contributed by atoms with E-state index >= 15 is 0 Å². The molecule has 1 aromatic rings. The molecule has 4 heteroatoms. The molecule has 3 N–H and O–H groups in total. The van der Waals surface area contributed by atoms with Crippen LogP contribution in [0.4, 0.5) is 0 Å². The SMILES string of the molecule is CC(c1ccccc1)N1CCC(NC(=O)C2(N)CCCC2)CC1. The van der Waals surface area contributed by atoms with E-state index in [-0.39, 0.29) is 11.9 Å². The third kappa shape index (κ3) is 3.75. The van der Waals surface area contributed by atoms with E-state index in [9.17, 15) is 4.79 Å². The van der Waals surface area contributed by atoms with Crippen LogP contribution in [0.15, 0.2) is 30.3 Å². The van der Waals surface area contributed by atoms with Crippen LogP contribution in [-0.2, 0) is 4.79 Å². The quantitative estimate of drug-likeness (QED) is 0.898. The van der Waals surface area contributed by atoms with Gasteiger partial charge in [0.2, 0.25) is 5.91 Å². The van der Waals surface area contributed by atoms with Crippen LogP contribution in [0.5, 0.6) is 0 Å². The molecule has 0 aromatic heterocycles. The molecule has 0 bridgehead atoms. The maximum Gasteiger partial charge on any atom is 0.240 e. The molecule has 2 aliphatic rings. The molecular weight excluding hydrogens is 286 g/mol. The number of nitrogens with two attached hydrogens (primary N) is 1. The molecular formula is C19H29N3O. The van der Waals surface area contributed by atoms with Gasteiger partial charge in [-0.15, -0.1) is 0 Å². The summed E-state index contributed by atoms with van der Waals surface area (Å²) in [6, 6.07) is 11.4. The van der Waals surface area contributed by atoms with Crippen LogP contribution in [0.25, 0.3) is 0 Å². The number of nitrogens with one attached hydrogen (secondary N) is 1. The lowest BCUT2D eigenvalue weighted by Crippen LogP contribution is -2.56. The third-order valence-electron chi connectivity index (χ3n) is 5.64. The molecule has 3 rings (SSSR count). The van der Waals surface area contributed by atoms with Gasteiger partial charge in [0.1, 0.15) is 0 Å². The lowest BCUT2D eigenvalue weighted by molar-refractivity contribution is -0.127. The summed E-state index contributed by atoms with van der Waals surface area (Å²) in [5.74, 6) is 0.0737. The van der Waals surface area contributed by atoms with Crippen LogP contribution in [0.1, 0.15) is 57.1 Å². The fourth-order valence-corrected chi connectivity index (χ4v) is 3.94. The molecule has 2 fully saturated rings. The second-order valence-electron chi connectivity index (χ2n) is 7.23. The zero-order valence-electron chi connectivity index (χ0n) is 14.1. The lowest BCUT2D eigenvalue weighted by atomic mass is 9.95. The van der Waals surface area contributed by atoms with Gasteiger partial charge in [0.05, 0.1) is 5.54 Å². The highest BCUT2D eigenvalue weighted by Gasteiger charge is 2.38. The van der Waals surface area contributed by atoms with Gasteiger partial charge >= 0.3 is 0 Å². The van der Waals surface area contributed by atoms with Crippen molar-refractivity contribution < 1.29 is 4.79 Å². The molecule has 126 valence electrons. The molecule has 0 radical (unpaired) electrons. The Morgan fingerprint density at radius 2 is 1.83 bits per heavy atom. The summed E-state index contributed by atoms with van der Waals surface area (Å²) >= 11 is 0. The van der Waals surface area contributed by atoms with Crippen molar-refractivity contribution in [1.82, 2.24) is 10.2 Å². The van der Waals surface area contributed by atoms with Crippen molar-refractivity contribution in [2.45, 2.75) is 63.1 Å². The highest BCUT2D eigenvalue weighted by Crippen LogP contribution is 2.28. The average Bonchev–Trinajstić information content (AvgIpc) is 3.04. The van der Waals surface area contributed by atoms with Crippen molar-refractivity contribution in [3.05, 3.63) is 35.9 Å². The number of nitrogens with zero attached hydrogens (tertiary/aromatic N) is 1. The number of amides is 1.